The van der Waals surface area contributed by atoms with Crippen molar-refractivity contribution in [3.05, 3.63) is 35.4 Å². The summed E-state index contributed by atoms with van der Waals surface area (Å²) >= 11 is 1.36. The van der Waals surface area contributed by atoms with E-state index in [1.165, 1.54) is 11.3 Å². The first-order valence-corrected chi connectivity index (χ1v) is 10.4. The molecule has 0 spiro atoms. The fourth-order valence-corrected chi connectivity index (χ4v) is 4.79. The molecule has 0 aliphatic carbocycles. The average Bonchev–Trinajstić information content (AvgIpc) is 3.35. The molecule has 0 N–H and O–H groups in total. The van der Waals surface area contributed by atoms with Gasteiger partial charge in [0.1, 0.15) is 16.1 Å². The summed E-state index contributed by atoms with van der Waals surface area (Å²) in [7, 11) is 1.83. The molecule has 1 amide bonds. The molecule has 0 bridgehead atoms. The maximum Gasteiger partial charge on any atom is 0.270 e. The first-order valence-electron chi connectivity index (χ1n) is 9.60. The van der Waals surface area contributed by atoms with Crippen LogP contribution in [0.3, 0.4) is 0 Å². The molecule has 2 aliphatic rings. The minimum absolute atomic E-state index is 0.0529. The zero-order valence-corrected chi connectivity index (χ0v) is 16.8. The third-order valence-electron chi connectivity index (χ3n) is 5.24. The Morgan fingerprint density at radius 2 is 2.03 bits per heavy atom. The van der Waals surface area contributed by atoms with Gasteiger partial charge in [0.25, 0.3) is 5.91 Å². The van der Waals surface area contributed by atoms with Crippen molar-refractivity contribution in [2.45, 2.75) is 25.4 Å². The molecule has 1 fully saturated rings. The summed E-state index contributed by atoms with van der Waals surface area (Å²) < 4.78 is 15.3. The molecule has 1 saturated heterocycles. The van der Waals surface area contributed by atoms with Gasteiger partial charge in [-0.25, -0.2) is 19.3 Å². The van der Waals surface area contributed by atoms with E-state index in [9.17, 15) is 9.18 Å². The number of alkyl halides is 1. The number of nitrogens with zero attached hydrogens (tertiary/aromatic N) is 7. The summed E-state index contributed by atoms with van der Waals surface area (Å²) in [5.74, 6) is 0.485. The lowest BCUT2D eigenvalue weighted by atomic mass is 10.1. The summed E-state index contributed by atoms with van der Waals surface area (Å²) in [4.78, 5) is 30.7. The van der Waals surface area contributed by atoms with Gasteiger partial charge in [-0.1, -0.05) is 0 Å². The lowest BCUT2D eigenvalue weighted by Crippen LogP contribution is -2.37. The Morgan fingerprint density at radius 1 is 1.21 bits per heavy atom. The van der Waals surface area contributed by atoms with E-state index >= 15 is 0 Å². The monoisotopic (exact) mass is 413 g/mol. The lowest BCUT2D eigenvalue weighted by molar-refractivity contribution is 0.0984. The highest BCUT2D eigenvalue weighted by atomic mass is 32.1. The standard InChI is InChI=1S/C19H20FN7OS/c1-25-11-14(9-23-25)27-6-4-15-16(18(27)28)29-17(24-15)12-7-21-19(22-8-12)26-5-2-3-13(20)10-26/h7-9,11,13H,2-6,10H2,1H3/t13-/m0/s1. The Kier molecular flexibility index (Phi) is 4.50. The van der Waals surface area contributed by atoms with Gasteiger partial charge < -0.3 is 9.80 Å². The normalized spacial score (nSPS) is 19.5. The highest BCUT2D eigenvalue weighted by molar-refractivity contribution is 7.17. The second-order valence-corrected chi connectivity index (χ2v) is 8.33. The van der Waals surface area contributed by atoms with Crippen LogP contribution >= 0.6 is 11.3 Å². The van der Waals surface area contributed by atoms with Crippen molar-refractivity contribution in [1.82, 2.24) is 24.7 Å². The van der Waals surface area contributed by atoms with E-state index in [1.807, 2.05) is 18.1 Å². The average molecular weight is 413 g/mol. The molecular weight excluding hydrogens is 393 g/mol. The van der Waals surface area contributed by atoms with E-state index in [4.69, 9.17) is 0 Å². The van der Waals surface area contributed by atoms with Crippen molar-refractivity contribution < 1.29 is 9.18 Å². The fraction of sp³-hybridized carbons (Fsp3) is 0.421. The number of aromatic nitrogens is 5. The number of carbonyl (C=O) groups excluding carboxylic acids is 1. The summed E-state index contributed by atoms with van der Waals surface area (Å²) in [5, 5.41) is 4.88. The Hall–Kier alpha value is -2.88. The molecule has 0 aromatic carbocycles. The Morgan fingerprint density at radius 3 is 2.76 bits per heavy atom. The van der Waals surface area contributed by atoms with Crippen LogP contribution in [0.25, 0.3) is 10.6 Å². The van der Waals surface area contributed by atoms with E-state index < -0.39 is 6.17 Å². The zero-order valence-electron chi connectivity index (χ0n) is 16.0. The number of halogens is 1. The zero-order chi connectivity index (χ0) is 20.0. The molecule has 3 aromatic heterocycles. The van der Waals surface area contributed by atoms with Gasteiger partial charge in [-0.05, 0) is 12.8 Å². The predicted octanol–water partition coefficient (Wildman–Crippen LogP) is 2.47. The molecule has 5 heterocycles. The summed E-state index contributed by atoms with van der Waals surface area (Å²) in [6.07, 6.45) is 8.21. The number of aryl methyl sites for hydroxylation is 1. The van der Waals surface area contributed by atoms with Gasteiger partial charge in [0.05, 0.1) is 24.1 Å². The van der Waals surface area contributed by atoms with Crippen LogP contribution in [0.5, 0.6) is 0 Å². The third-order valence-corrected chi connectivity index (χ3v) is 6.38. The van der Waals surface area contributed by atoms with Crippen LogP contribution < -0.4 is 9.80 Å². The number of hydrogen-bond acceptors (Lipinski definition) is 7. The minimum atomic E-state index is -0.827. The topological polar surface area (TPSA) is 80.0 Å². The fourth-order valence-electron chi connectivity index (χ4n) is 3.75. The Bertz CT molecular complexity index is 1050. The minimum Gasteiger partial charge on any atom is -0.338 e. The number of carbonyl (C=O) groups is 1. The van der Waals surface area contributed by atoms with Gasteiger partial charge in [-0.3, -0.25) is 9.48 Å². The van der Waals surface area contributed by atoms with Crippen LogP contribution in [0.15, 0.2) is 24.8 Å². The largest absolute Gasteiger partial charge is 0.338 e. The van der Waals surface area contributed by atoms with E-state index in [2.05, 4.69) is 20.1 Å². The van der Waals surface area contributed by atoms with Crippen LogP contribution in [-0.4, -0.2) is 56.4 Å². The number of thiazole rings is 1. The van der Waals surface area contributed by atoms with Crippen LogP contribution in [-0.2, 0) is 13.5 Å². The Balaban J connectivity index is 1.38. The number of piperidine rings is 1. The van der Waals surface area contributed by atoms with E-state index in [0.717, 1.165) is 34.9 Å². The maximum atomic E-state index is 13.6. The molecule has 150 valence electrons. The molecule has 10 heteroatoms. The molecule has 1 atom stereocenters. The van der Waals surface area contributed by atoms with Crippen molar-refractivity contribution >= 4 is 28.9 Å². The molecule has 5 rings (SSSR count). The molecule has 29 heavy (non-hydrogen) atoms. The quantitative estimate of drug-likeness (QED) is 0.656. The molecule has 3 aromatic rings. The third kappa shape index (κ3) is 3.37. The van der Waals surface area contributed by atoms with Crippen molar-refractivity contribution in [1.29, 1.82) is 0 Å². The molecule has 0 radical (unpaired) electrons. The Labute approximate surface area is 171 Å². The van der Waals surface area contributed by atoms with E-state index in [0.29, 0.717) is 36.8 Å². The number of fused-ring (bicyclic) bond motifs is 1. The van der Waals surface area contributed by atoms with Gasteiger partial charge in [0.2, 0.25) is 5.95 Å². The second-order valence-electron chi connectivity index (χ2n) is 7.33. The molecule has 0 unspecified atom stereocenters. The van der Waals surface area contributed by atoms with Crippen LogP contribution in [0, 0.1) is 0 Å². The van der Waals surface area contributed by atoms with Gasteiger partial charge >= 0.3 is 0 Å². The second kappa shape index (κ2) is 7.18. The number of amides is 1. The first-order chi connectivity index (χ1) is 14.1. The van der Waals surface area contributed by atoms with Crippen LogP contribution in [0.2, 0.25) is 0 Å². The van der Waals surface area contributed by atoms with E-state index in [1.54, 1.807) is 28.2 Å². The maximum absolute atomic E-state index is 13.6. The molecular formula is C19H20FN7OS. The van der Waals surface area contributed by atoms with Crippen molar-refractivity contribution in [2.24, 2.45) is 7.05 Å². The summed E-state index contributed by atoms with van der Waals surface area (Å²) in [6, 6.07) is 0. The first kappa shape index (κ1) is 18.2. The number of rotatable bonds is 3. The van der Waals surface area contributed by atoms with Gasteiger partial charge in [0, 0.05) is 50.7 Å². The van der Waals surface area contributed by atoms with Gasteiger partial charge in [0.15, 0.2) is 0 Å². The molecule has 8 nitrogen and oxygen atoms in total. The van der Waals surface area contributed by atoms with Crippen molar-refractivity contribution in [3.63, 3.8) is 0 Å². The number of hydrogen-bond donors (Lipinski definition) is 0. The van der Waals surface area contributed by atoms with E-state index in [-0.39, 0.29) is 5.91 Å². The van der Waals surface area contributed by atoms with Crippen LogP contribution in [0.1, 0.15) is 28.2 Å². The SMILES string of the molecule is Cn1cc(N2CCc3nc(-c4cnc(N5CCC[C@H](F)C5)nc4)sc3C2=O)cn1. The van der Waals surface area contributed by atoms with Gasteiger partial charge in [-0.2, -0.15) is 5.10 Å². The number of anilines is 2. The van der Waals surface area contributed by atoms with Crippen molar-refractivity contribution in [3.8, 4) is 10.6 Å². The molecule has 0 saturated carbocycles. The lowest BCUT2D eigenvalue weighted by Gasteiger charge is -2.28. The predicted molar refractivity (Wildman–Crippen MR) is 108 cm³/mol. The molecule has 2 aliphatic heterocycles. The van der Waals surface area contributed by atoms with Crippen LogP contribution in [0.4, 0.5) is 16.0 Å². The van der Waals surface area contributed by atoms with Crippen molar-refractivity contribution in [2.75, 3.05) is 29.4 Å². The smallest absolute Gasteiger partial charge is 0.270 e. The summed E-state index contributed by atoms with van der Waals surface area (Å²) in [6.45, 7) is 1.68. The highest BCUT2D eigenvalue weighted by Crippen LogP contribution is 2.33. The summed E-state index contributed by atoms with van der Waals surface area (Å²) in [5.41, 5.74) is 2.37. The highest BCUT2D eigenvalue weighted by Gasteiger charge is 2.30. The van der Waals surface area contributed by atoms with Gasteiger partial charge in [-0.15, -0.1) is 11.3 Å².